The summed E-state index contributed by atoms with van der Waals surface area (Å²) in [6.07, 6.45) is 0.836. The van der Waals surface area contributed by atoms with Gasteiger partial charge in [0.05, 0.1) is 10.8 Å². The monoisotopic (exact) mass is 283 g/mol. The molecule has 1 aliphatic rings. The van der Waals surface area contributed by atoms with Crippen molar-refractivity contribution in [2.75, 3.05) is 13.1 Å². The SMILES string of the molecule is NS(=O)(=O)c1cccc(CNC(=O)C2CCNC2)c1. The largest absolute Gasteiger partial charge is 0.352 e. The number of hydrogen-bond donors (Lipinski definition) is 3. The lowest BCUT2D eigenvalue weighted by molar-refractivity contribution is -0.124. The fourth-order valence-electron chi connectivity index (χ4n) is 2.04. The lowest BCUT2D eigenvalue weighted by Crippen LogP contribution is -2.31. The molecule has 7 heteroatoms. The van der Waals surface area contributed by atoms with Crippen molar-refractivity contribution in [2.45, 2.75) is 17.9 Å². The molecule has 1 saturated heterocycles. The molecule has 0 aromatic heterocycles. The maximum atomic E-state index is 11.8. The molecular formula is C12H17N3O3S. The summed E-state index contributed by atoms with van der Waals surface area (Å²) in [5.41, 5.74) is 0.714. The fourth-order valence-corrected chi connectivity index (χ4v) is 2.63. The van der Waals surface area contributed by atoms with Crippen LogP contribution in [-0.2, 0) is 21.4 Å². The Morgan fingerprint density at radius 2 is 2.26 bits per heavy atom. The van der Waals surface area contributed by atoms with Gasteiger partial charge in [0.2, 0.25) is 15.9 Å². The lowest BCUT2D eigenvalue weighted by Gasteiger charge is -2.10. The summed E-state index contributed by atoms with van der Waals surface area (Å²) >= 11 is 0. The molecule has 1 unspecified atom stereocenters. The highest BCUT2D eigenvalue weighted by Gasteiger charge is 2.21. The van der Waals surface area contributed by atoms with Crippen molar-refractivity contribution in [2.24, 2.45) is 11.1 Å². The molecule has 6 nitrogen and oxygen atoms in total. The minimum atomic E-state index is -3.70. The first-order valence-corrected chi connectivity index (χ1v) is 7.61. The van der Waals surface area contributed by atoms with Crippen LogP contribution in [-0.4, -0.2) is 27.4 Å². The average Bonchev–Trinajstić information content (AvgIpc) is 2.89. The summed E-state index contributed by atoms with van der Waals surface area (Å²) in [5.74, 6) is -0.00701. The molecule has 1 amide bonds. The Morgan fingerprint density at radius 1 is 1.47 bits per heavy atom. The zero-order valence-electron chi connectivity index (χ0n) is 10.4. The van der Waals surface area contributed by atoms with Crippen molar-refractivity contribution < 1.29 is 13.2 Å². The summed E-state index contributed by atoms with van der Waals surface area (Å²) in [6, 6.07) is 6.27. The van der Waals surface area contributed by atoms with Gasteiger partial charge in [0, 0.05) is 13.1 Å². The van der Waals surface area contributed by atoms with E-state index in [9.17, 15) is 13.2 Å². The van der Waals surface area contributed by atoms with Crippen LogP contribution in [0.3, 0.4) is 0 Å². The number of amides is 1. The number of rotatable bonds is 4. The van der Waals surface area contributed by atoms with Crippen LogP contribution >= 0.6 is 0 Å². The van der Waals surface area contributed by atoms with Gasteiger partial charge in [0.15, 0.2) is 0 Å². The maximum absolute atomic E-state index is 11.8. The zero-order valence-corrected chi connectivity index (χ0v) is 11.2. The number of sulfonamides is 1. The van der Waals surface area contributed by atoms with E-state index in [1.165, 1.54) is 12.1 Å². The first-order chi connectivity index (χ1) is 8.97. The maximum Gasteiger partial charge on any atom is 0.238 e. The molecule has 1 aromatic carbocycles. The number of benzene rings is 1. The molecule has 1 atom stereocenters. The summed E-state index contributed by atoms with van der Waals surface area (Å²) in [6.45, 7) is 1.86. The molecule has 0 aliphatic carbocycles. The zero-order chi connectivity index (χ0) is 13.9. The van der Waals surface area contributed by atoms with E-state index < -0.39 is 10.0 Å². The predicted octanol–water partition coefficient (Wildman–Crippen LogP) is -0.440. The van der Waals surface area contributed by atoms with Crippen molar-refractivity contribution in [3.05, 3.63) is 29.8 Å². The fraction of sp³-hybridized carbons (Fsp3) is 0.417. The standard InChI is InChI=1S/C12H17N3O3S/c13-19(17,18)11-3-1-2-9(6-11)7-15-12(16)10-4-5-14-8-10/h1-3,6,10,14H,4-5,7-8H2,(H,15,16)(H2,13,17,18). The van der Waals surface area contributed by atoms with E-state index >= 15 is 0 Å². The second-order valence-corrected chi connectivity index (χ2v) is 6.16. The minimum Gasteiger partial charge on any atom is -0.352 e. The van der Waals surface area contributed by atoms with Crippen LogP contribution < -0.4 is 15.8 Å². The smallest absolute Gasteiger partial charge is 0.238 e. The molecule has 0 bridgehead atoms. The summed E-state index contributed by atoms with van der Waals surface area (Å²) < 4.78 is 22.4. The molecule has 4 N–H and O–H groups in total. The van der Waals surface area contributed by atoms with E-state index in [2.05, 4.69) is 10.6 Å². The Balaban J connectivity index is 1.98. The summed E-state index contributed by atoms with van der Waals surface area (Å²) in [5, 5.41) is 11.0. The summed E-state index contributed by atoms with van der Waals surface area (Å²) in [7, 11) is -3.70. The lowest BCUT2D eigenvalue weighted by atomic mass is 10.1. The first kappa shape index (κ1) is 14.0. The Hall–Kier alpha value is -1.44. The van der Waals surface area contributed by atoms with Crippen molar-refractivity contribution >= 4 is 15.9 Å². The van der Waals surface area contributed by atoms with Gasteiger partial charge in [-0.15, -0.1) is 0 Å². The molecule has 104 valence electrons. The van der Waals surface area contributed by atoms with Gasteiger partial charge in [-0.05, 0) is 30.7 Å². The minimum absolute atomic E-state index is 0.00132. The Morgan fingerprint density at radius 3 is 2.89 bits per heavy atom. The van der Waals surface area contributed by atoms with Crippen molar-refractivity contribution in [1.82, 2.24) is 10.6 Å². The molecule has 1 heterocycles. The topological polar surface area (TPSA) is 101 Å². The third-order valence-electron chi connectivity index (χ3n) is 3.12. The second-order valence-electron chi connectivity index (χ2n) is 4.60. The molecule has 0 radical (unpaired) electrons. The Kier molecular flexibility index (Phi) is 4.18. The van der Waals surface area contributed by atoms with Crippen molar-refractivity contribution in [1.29, 1.82) is 0 Å². The third-order valence-corrected chi connectivity index (χ3v) is 4.04. The Labute approximate surface area is 112 Å². The number of primary sulfonamides is 1. The molecule has 0 saturated carbocycles. The predicted molar refractivity (Wildman–Crippen MR) is 70.6 cm³/mol. The molecule has 2 rings (SSSR count). The van der Waals surface area contributed by atoms with Crippen LogP contribution in [0.25, 0.3) is 0 Å². The molecule has 1 fully saturated rings. The van der Waals surface area contributed by atoms with Crippen LogP contribution in [0.4, 0.5) is 0 Å². The van der Waals surface area contributed by atoms with Crippen LogP contribution in [0.2, 0.25) is 0 Å². The molecule has 1 aliphatic heterocycles. The number of carbonyl (C=O) groups is 1. The van der Waals surface area contributed by atoms with Gasteiger partial charge in [-0.1, -0.05) is 12.1 Å². The van der Waals surface area contributed by atoms with Crippen molar-refractivity contribution in [3.63, 3.8) is 0 Å². The number of nitrogens with two attached hydrogens (primary N) is 1. The van der Waals surface area contributed by atoms with E-state index in [0.717, 1.165) is 13.0 Å². The number of hydrogen-bond acceptors (Lipinski definition) is 4. The van der Waals surface area contributed by atoms with Gasteiger partial charge >= 0.3 is 0 Å². The highest BCUT2D eigenvalue weighted by molar-refractivity contribution is 7.89. The van der Waals surface area contributed by atoms with Gasteiger partial charge < -0.3 is 10.6 Å². The average molecular weight is 283 g/mol. The molecular weight excluding hydrogens is 266 g/mol. The van der Waals surface area contributed by atoms with Crippen LogP contribution in [0.1, 0.15) is 12.0 Å². The van der Waals surface area contributed by atoms with Gasteiger partial charge in [-0.25, -0.2) is 13.6 Å². The molecule has 19 heavy (non-hydrogen) atoms. The van der Waals surface area contributed by atoms with Crippen LogP contribution in [0.15, 0.2) is 29.2 Å². The summed E-state index contributed by atoms with van der Waals surface area (Å²) in [4.78, 5) is 11.9. The van der Waals surface area contributed by atoms with Gasteiger partial charge in [0.25, 0.3) is 0 Å². The van der Waals surface area contributed by atoms with Crippen molar-refractivity contribution in [3.8, 4) is 0 Å². The molecule has 1 aromatic rings. The van der Waals surface area contributed by atoms with E-state index in [0.29, 0.717) is 18.7 Å². The highest BCUT2D eigenvalue weighted by atomic mass is 32.2. The number of carbonyl (C=O) groups excluding carboxylic acids is 1. The Bertz CT molecular complexity index is 565. The van der Waals surface area contributed by atoms with E-state index in [1.807, 2.05) is 0 Å². The molecule has 0 spiro atoms. The van der Waals surface area contributed by atoms with Crippen LogP contribution in [0, 0.1) is 5.92 Å². The van der Waals surface area contributed by atoms with Crippen LogP contribution in [0.5, 0.6) is 0 Å². The van der Waals surface area contributed by atoms with E-state index in [1.54, 1.807) is 12.1 Å². The second kappa shape index (κ2) is 5.68. The number of nitrogens with one attached hydrogen (secondary N) is 2. The van der Waals surface area contributed by atoms with Gasteiger partial charge in [0.1, 0.15) is 0 Å². The normalized spacial score (nSPS) is 19.3. The quantitative estimate of drug-likeness (QED) is 0.697. The van der Waals surface area contributed by atoms with E-state index in [4.69, 9.17) is 5.14 Å². The van der Waals surface area contributed by atoms with Gasteiger partial charge in [-0.3, -0.25) is 4.79 Å². The van der Waals surface area contributed by atoms with E-state index in [-0.39, 0.29) is 16.7 Å². The third kappa shape index (κ3) is 3.76. The first-order valence-electron chi connectivity index (χ1n) is 6.07. The highest BCUT2D eigenvalue weighted by Crippen LogP contribution is 2.11. The van der Waals surface area contributed by atoms with Gasteiger partial charge in [-0.2, -0.15) is 0 Å².